The third-order valence-electron chi connectivity index (χ3n) is 4.51. The summed E-state index contributed by atoms with van der Waals surface area (Å²) in [4.78, 5) is 4.79. The number of para-hydroxylation sites is 2. The van der Waals surface area contributed by atoms with E-state index in [0.717, 1.165) is 21.8 Å². The Morgan fingerprint density at radius 2 is 1.61 bits per heavy atom. The van der Waals surface area contributed by atoms with Crippen LogP contribution in [0.1, 0.15) is 38.5 Å². The molecule has 0 saturated heterocycles. The van der Waals surface area contributed by atoms with Crippen molar-refractivity contribution in [1.82, 2.24) is 4.98 Å². The lowest BCUT2D eigenvalue weighted by molar-refractivity contribution is 0.184. The molecule has 1 heterocycles. The van der Waals surface area contributed by atoms with Gasteiger partial charge in [0.15, 0.2) is 0 Å². The van der Waals surface area contributed by atoms with Gasteiger partial charge in [-0.1, -0.05) is 37.1 Å². The van der Waals surface area contributed by atoms with Gasteiger partial charge in [-0.05, 0) is 49.9 Å². The Kier molecular flexibility index (Phi) is 4.29. The normalized spacial score (nSPS) is 16.3. The first-order valence-corrected chi connectivity index (χ1v) is 9.33. The van der Waals surface area contributed by atoms with Crippen molar-refractivity contribution in [1.29, 1.82) is 0 Å². The maximum Gasteiger partial charge on any atom is 0.129 e. The first kappa shape index (κ1) is 14.7. The molecule has 0 spiro atoms. The molecule has 0 atom stereocenters. The quantitative estimate of drug-likeness (QED) is 0.546. The van der Waals surface area contributed by atoms with Gasteiger partial charge in [0, 0.05) is 0 Å². The average Bonchev–Trinajstić information content (AvgIpc) is 2.85. The van der Waals surface area contributed by atoms with E-state index in [1.54, 1.807) is 11.3 Å². The number of hydrogen-bond acceptors (Lipinski definition) is 3. The van der Waals surface area contributed by atoms with Gasteiger partial charge in [0.05, 0.1) is 21.9 Å². The largest absolute Gasteiger partial charge is 0.490 e. The zero-order chi connectivity index (χ0) is 15.5. The Morgan fingerprint density at radius 3 is 2.43 bits per heavy atom. The van der Waals surface area contributed by atoms with E-state index in [9.17, 15) is 0 Å². The van der Waals surface area contributed by atoms with Crippen LogP contribution < -0.4 is 4.74 Å². The molecular formula is C20H21NOS. The fourth-order valence-corrected chi connectivity index (χ4v) is 4.27. The highest BCUT2D eigenvalue weighted by Gasteiger charge is 2.17. The highest BCUT2D eigenvalue weighted by atomic mass is 32.1. The van der Waals surface area contributed by atoms with Crippen LogP contribution in [0, 0.1) is 0 Å². The number of hydrogen-bond donors (Lipinski definition) is 0. The summed E-state index contributed by atoms with van der Waals surface area (Å²) in [5.74, 6) is 0.985. The second-order valence-corrected chi connectivity index (χ2v) is 7.24. The molecule has 1 saturated carbocycles. The number of nitrogens with zero attached hydrogens (tertiary/aromatic N) is 1. The molecule has 3 aromatic rings. The van der Waals surface area contributed by atoms with Crippen molar-refractivity contribution in [2.45, 2.75) is 44.6 Å². The van der Waals surface area contributed by atoms with Gasteiger partial charge in [-0.15, -0.1) is 11.3 Å². The standard InChI is InChI=1S/C20H21NOS/c1-2-4-10-15(9-3-1)22-18-13-7-5-11-16(18)20-21-17-12-6-8-14-19(17)23-20/h5-8,11-15H,1-4,9-10H2. The predicted octanol–water partition coefficient (Wildman–Crippen LogP) is 6.06. The van der Waals surface area contributed by atoms with Gasteiger partial charge in [0.1, 0.15) is 10.8 Å². The number of aromatic nitrogens is 1. The number of rotatable bonds is 3. The van der Waals surface area contributed by atoms with E-state index in [0.29, 0.717) is 6.10 Å². The molecule has 0 unspecified atom stereocenters. The van der Waals surface area contributed by atoms with Crippen molar-refractivity contribution in [2.75, 3.05) is 0 Å². The van der Waals surface area contributed by atoms with E-state index in [-0.39, 0.29) is 0 Å². The zero-order valence-electron chi connectivity index (χ0n) is 13.2. The van der Waals surface area contributed by atoms with Crippen molar-refractivity contribution in [3.05, 3.63) is 48.5 Å². The molecule has 0 radical (unpaired) electrons. The summed E-state index contributed by atoms with van der Waals surface area (Å²) < 4.78 is 7.61. The molecule has 23 heavy (non-hydrogen) atoms. The maximum atomic E-state index is 6.38. The van der Waals surface area contributed by atoms with Gasteiger partial charge in [0.25, 0.3) is 0 Å². The molecule has 1 fully saturated rings. The van der Waals surface area contributed by atoms with E-state index >= 15 is 0 Å². The van der Waals surface area contributed by atoms with Crippen LogP contribution in [-0.2, 0) is 0 Å². The van der Waals surface area contributed by atoms with E-state index in [1.807, 2.05) is 6.07 Å². The van der Waals surface area contributed by atoms with Crippen LogP contribution >= 0.6 is 11.3 Å². The van der Waals surface area contributed by atoms with Crippen LogP contribution in [0.25, 0.3) is 20.8 Å². The first-order valence-electron chi connectivity index (χ1n) is 8.52. The Labute approximate surface area is 141 Å². The molecule has 0 bridgehead atoms. The van der Waals surface area contributed by atoms with Crippen LogP contribution in [-0.4, -0.2) is 11.1 Å². The topological polar surface area (TPSA) is 22.1 Å². The fourth-order valence-electron chi connectivity index (χ4n) is 3.27. The monoisotopic (exact) mass is 323 g/mol. The second kappa shape index (κ2) is 6.71. The number of thiazole rings is 1. The lowest BCUT2D eigenvalue weighted by atomic mass is 10.1. The van der Waals surface area contributed by atoms with Gasteiger partial charge < -0.3 is 4.74 Å². The van der Waals surface area contributed by atoms with Crippen LogP contribution in [0.4, 0.5) is 0 Å². The lowest BCUT2D eigenvalue weighted by Gasteiger charge is -2.18. The maximum absolute atomic E-state index is 6.38. The highest BCUT2D eigenvalue weighted by molar-refractivity contribution is 7.21. The van der Waals surface area contributed by atoms with Crippen molar-refractivity contribution in [3.63, 3.8) is 0 Å². The van der Waals surface area contributed by atoms with Gasteiger partial charge in [-0.3, -0.25) is 0 Å². The summed E-state index contributed by atoms with van der Waals surface area (Å²) in [6.07, 6.45) is 7.97. The molecule has 4 rings (SSSR count). The van der Waals surface area contributed by atoms with E-state index in [4.69, 9.17) is 9.72 Å². The molecule has 2 aromatic carbocycles. The van der Waals surface area contributed by atoms with Crippen LogP contribution in [0.15, 0.2) is 48.5 Å². The molecule has 0 N–H and O–H groups in total. The molecule has 1 aliphatic carbocycles. The highest BCUT2D eigenvalue weighted by Crippen LogP contribution is 2.36. The fraction of sp³-hybridized carbons (Fsp3) is 0.350. The van der Waals surface area contributed by atoms with Crippen LogP contribution in [0.2, 0.25) is 0 Å². The first-order chi connectivity index (χ1) is 11.4. The molecule has 0 aliphatic heterocycles. The Bertz CT molecular complexity index is 754. The number of fused-ring (bicyclic) bond motifs is 1. The molecule has 1 aromatic heterocycles. The van der Waals surface area contributed by atoms with E-state index < -0.39 is 0 Å². The number of benzene rings is 2. The third kappa shape index (κ3) is 3.25. The van der Waals surface area contributed by atoms with Gasteiger partial charge >= 0.3 is 0 Å². The summed E-state index contributed by atoms with van der Waals surface area (Å²) in [5.41, 5.74) is 2.19. The SMILES string of the molecule is c1ccc(-c2nc3ccccc3s2)c(OC2CCCCCC2)c1. The van der Waals surface area contributed by atoms with Gasteiger partial charge in [-0.25, -0.2) is 4.98 Å². The van der Waals surface area contributed by atoms with Gasteiger partial charge in [0.2, 0.25) is 0 Å². The molecular weight excluding hydrogens is 302 g/mol. The smallest absolute Gasteiger partial charge is 0.129 e. The molecule has 2 nitrogen and oxygen atoms in total. The summed E-state index contributed by atoms with van der Waals surface area (Å²) in [7, 11) is 0. The molecule has 3 heteroatoms. The van der Waals surface area contributed by atoms with Crippen molar-refractivity contribution < 1.29 is 4.74 Å². The summed E-state index contributed by atoms with van der Waals surface area (Å²) in [5, 5.41) is 1.05. The van der Waals surface area contributed by atoms with Gasteiger partial charge in [-0.2, -0.15) is 0 Å². The van der Waals surface area contributed by atoms with Crippen molar-refractivity contribution >= 4 is 21.6 Å². The average molecular weight is 323 g/mol. The minimum Gasteiger partial charge on any atom is -0.490 e. The van der Waals surface area contributed by atoms with E-state index in [2.05, 4.69) is 42.5 Å². The second-order valence-electron chi connectivity index (χ2n) is 6.21. The summed E-state index contributed by atoms with van der Waals surface area (Å²) >= 11 is 1.74. The summed E-state index contributed by atoms with van der Waals surface area (Å²) in [6, 6.07) is 16.7. The van der Waals surface area contributed by atoms with Crippen molar-refractivity contribution in [3.8, 4) is 16.3 Å². The Hall–Kier alpha value is -1.87. The molecule has 0 amide bonds. The van der Waals surface area contributed by atoms with Crippen LogP contribution in [0.3, 0.4) is 0 Å². The third-order valence-corrected chi connectivity index (χ3v) is 5.58. The van der Waals surface area contributed by atoms with Crippen LogP contribution in [0.5, 0.6) is 5.75 Å². The Balaban J connectivity index is 1.66. The number of ether oxygens (including phenoxy) is 1. The molecule has 118 valence electrons. The minimum absolute atomic E-state index is 0.355. The Morgan fingerprint density at radius 1 is 0.870 bits per heavy atom. The predicted molar refractivity (Wildman–Crippen MR) is 97.2 cm³/mol. The molecule has 1 aliphatic rings. The summed E-state index contributed by atoms with van der Waals surface area (Å²) in [6.45, 7) is 0. The minimum atomic E-state index is 0.355. The van der Waals surface area contributed by atoms with Crippen molar-refractivity contribution in [2.24, 2.45) is 0 Å². The van der Waals surface area contributed by atoms with E-state index in [1.165, 1.54) is 43.2 Å². The zero-order valence-corrected chi connectivity index (χ0v) is 14.0. The lowest BCUT2D eigenvalue weighted by Crippen LogP contribution is -2.15.